The van der Waals surface area contributed by atoms with Gasteiger partial charge in [0, 0.05) is 6.42 Å². The van der Waals surface area contributed by atoms with Crippen LogP contribution in [0.1, 0.15) is 6.42 Å². The van der Waals surface area contributed by atoms with Crippen molar-refractivity contribution >= 4 is 8.46 Å². The molecule has 0 fully saturated rings. The highest BCUT2D eigenvalue weighted by atomic mass is 31.1. The monoisotopic (exact) mass is 106 g/mol. The summed E-state index contributed by atoms with van der Waals surface area (Å²) in [6.45, 7) is 0.662. The van der Waals surface area contributed by atoms with Crippen molar-refractivity contribution in [1.82, 2.24) is 0 Å². The quantitative estimate of drug-likeness (QED) is 0.417. The van der Waals surface area contributed by atoms with Crippen LogP contribution >= 0.6 is 8.46 Å². The maximum atomic E-state index is 9.66. The Kier molecular flexibility index (Phi) is 5.11. The zero-order chi connectivity index (χ0) is 4.83. The van der Waals surface area contributed by atoms with Crippen molar-refractivity contribution in [3.05, 3.63) is 0 Å². The molecule has 0 amide bonds. The van der Waals surface area contributed by atoms with E-state index in [1.165, 1.54) is 0 Å². The van der Waals surface area contributed by atoms with E-state index in [9.17, 15) is 4.57 Å². The lowest BCUT2D eigenvalue weighted by atomic mass is 10.5. The summed E-state index contributed by atoms with van der Waals surface area (Å²) in [6, 6.07) is 0. The Hall–Kier alpha value is 0.0600. The van der Waals surface area contributed by atoms with Crippen LogP contribution in [0.5, 0.6) is 0 Å². The minimum absolute atomic E-state index is 0.165. The molecule has 0 aromatic heterocycles. The first-order chi connectivity index (χ1) is 2.91. The van der Waals surface area contributed by atoms with E-state index in [1.54, 1.807) is 0 Å². The van der Waals surface area contributed by atoms with Gasteiger partial charge >= 0.3 is 8.46 Å². The van der Waals surface area contributed by atoms with Crippen LogP contribution in [0.3, 0.4) is 0 Å². The summed E-state index contributed by atoms with van der Waals surface area (Å²) in [6.07, 6.45) is 1.65. The largest absolute Gasteiger partial charge is 0.330 e. The van der Waals surface area contributed by atoms with Crippen molar-refractivity contribution in [3.63, 3.8) is 0 Å². The summed E-state index contributed by atoms with van der Waals surface area (Å²) in [5.74, 6) is 0. The van der Waals surface area contributed by atoms with E-state index in [0.717, 1.165) is 12.6 Å². The molecule has 0 aromatic rings. The first-order valence-electron chi connectivity index (χ1n) is 1.97. The van der Waals surface area contributed by atoms with Gasteiger partial charge in [-0.25, -0.2) is 0 Å². The molecule has 0 saturated heterocycles. The highest BCUT2D eigenvalue weighted by molar-refractivity contribution is 7.23. The predicted molar refractivity (Wildman–Crippen MR) is 27.5 cm³/mol. The lowest BCUT2D eigenvalue weighted by molar-refractivity contribution is 0.597. The topological polar surface area (TPSA) is 43.1 Å². The molecule has 2 N–H and O–H groups in total. The van der Waals surface area contributed by atoms with E-state index < -0.39 is 0 Å². The fourth-order valence-corrected chi connectivity index (χ4v) is 0.523. The van der Waals surface area contributed by atoms with Gasteiger partial charge in [-0.3, -0.25) is 0 Å². The van der Waals surface area contributed by atoms with Gasteiger partial charge in [0.05, 0.1) is 0 Å². The fourth-order valence-electron chi connectivity index (χ4n) is 0.174. The van der Waals surface area contributed by atoms with Gasteiger partial charge in [-0.05, 0) is 6.54 Å². The van der Waals surface area contributed by atoms with Crippen LogP contribution in [0.25, 0.3) is 0 Å². The lowest BCUT2D eigenvalue weighted by Gasteiger charge is -1.74. The minimum atomic E-state index is -0.165. The zero-order valence-electron chi connectivity index (χ0n) is 3.61. The first kappa shape index (κ1) is 6.06. The summed E-state index contributed by atoms with van der Waals surface area (Å²) >= 11 is 0. The summed E-state index contributed by atoms with van der Waals surface area (Å²) in [5.41, 5.74) is 5.08. The van der Waals surface area contributed by atoms with Crippen LogP contribution in [-0.4, -0.2) is 12.7 Å². The first-order valence-corrected chi connectivity index (χ1v) is 3.08. The molecule has 0 heterocycles. The summed E-state index contributed by atoms with van der Waals surface area (Å²) < 4.78 is 9.66. The summed E-state index contributed by atoms with van der Waals surface area (Å²) in [7, 11) is -0.165. The van der Waals surface area contributed by atoms with Gasteiger partial charge in [0.2, 0.25) is 0 Å². The van der Waals surface area contributed by atoms with Gasteiger partial charge in [-0.1, -0.05) is 4.57 Å². The minimum Gasteiger partial charge on any atom is -0.330 e. The van der Waals surface area contributed by atoms with Crippen molar-refractivity contribution in [1.29, 1.82) is 0 Å². The summed E-state index contributed by atoms with van der Waals surface area (Å²) in [5, 5.41) is 0. The second-order valence-electron chi connectivity index (χ2n) is 1.04. The molecular formula is C3H9NOP+. The predicted octanol–water partition coefficient (Wildman–Crippen LogP) is 0.359. The Morgan fingerprint density at radius 1 is 1.67 bits per heavy atom. The van der Waals surface area contributed by atoms with E-state index in [2.05, 4.69) is 0 Å². The van der Waals surface area contributed by atoms with Crippen LogP contribution in [0.4, 0.5) is 0 Å². The van der Waals surface area contributed by atoms with Gasteiger partial charge in [-0.15, -0.1) is 0 Å². The molecule has 2 nitrogen and oxygen atoms in total. The fraction of sp³-hybridized carbons (Fsp3) is 1.00. The average Bonchev–Trinajstić information content (AvgIpc) is 1.61. The van der Waals surface area contributed by atoms with Crippen LogP contribution in [0.15, 0.2) is 0 Å². The number of hydrogen-bond donors (Lipinski definition) is 1. The molecule has 0 bridgehead atoms. The van der Waals surface area contributed by atoms with Crippen molar-refractivity contribution in [2.45, 2.75) is 6.42 Å². The van der Waals surface area contributed by atoms with Crippen molar-refractivity contribution in [2.75, 3.05) is 12.7 Å². The molecule has 0 aliphatic heterocycles. The van der Waals surface area contributed by atoms with E-state index in [0.29, 0.717) is 6.54 Å². The van der Waals surface area contributed by atoms with Gasteiger partial charge < -0.3 is 5.73 Å². The number of hydrogen-bond acceptors (Lipinski definition) is 2. The molecule has 0 aliphatic rings. The summed E-state index contributed by atoms with van der Waals surface area (Å²) in [4.78, 5) is 0. The van der Waals surface area contributed by atoms with E-state index in [-0.39, 0.29) is 8.46 Å². The molecule has 0 saturated carbocycles. The maximum Gasteiger partial charge on any atom is 0.324 e. The van der Waals surface area contributed by atoms with E-state index in [4.69, 9.17) is 5.73 Å². The van der Waals surface area contributed by atoms with Crippen LogP contribution in [0, 0.1) is 0 Å². The standard InChI is InChI=1S/C3H8NOP/c4-2-1-3-6-5/h1-4H2/p+1. The highest BCUT2D eigenvalue weighted by Crippen LogP contribution is 1.90. The molecule has 36 valence electrons. The maximum absolute atomic E-state index is 9.66. The number of rotatable bonds is 3. The third-order valence-corrected chi connectivity index (χ3v) is 1.04. The van der Waals surface area contributed by atoms with Crippen molar-refractivity contribution < 1.29 is 4.57 Å². The Bertz CT molecular complexity index is 39.8. The SMILES string of the molecule is NCCC[PH+]=O. The third-order valence-electron chi connectivity index (χ3n) is 0.483. The molecule has 0 aliphatic carbocycles. The Balaban J connectivity index is 2.49. The number of nitrogens with two attached hydrogens (primary N) is 1. The van der Waals surface area contributed by atoms with Gasteiger partial charge in [0.1, 0.15) is 6.16 Å². The molecular weight excluding hydrogens is 97.0 g/mol. The lowest BCUT2D eigenvalue weighted by Crippen LogP contribution is -1.97. The molecule has 1 atom stereocenters. The van der Waals surface area contributed by atoms with E-state index >= 15 is 0 Å². The highest BCUT2D eigenvalue weighted by Gasteiger charge is 1.84. The molecule has 0 aromatic carbocycles. The molecule has 1 unspecified atom stereocenters. The molecule has 0 rings (SSSR count). The van der Waals surface area contributed by atoms with Crippen molar-refractivity contribution in [2.24, 2.45) is 5.73 Å². The normalized spacial score (nSPS) is 9.50. The van der Waals surface area contributed by atoms with Crippen LogP contribution in [0.2, 0.25) is 0 Å². The second kappa shape index (κ2) is 5.06. The van der Waals surface area contributed by atoms with Crippen LogP contribution < -0.4 is 5.73 Å². The third kappa shape index (κ3) is 4.06. The smallest absolute Gasteiger partial charge is 0.324 e. The van der Waals surface area contributed by atoms with Gasteiger partial charge in [0.25, 0.3) is 0 Å². The molecule has 0 radical (unpaired) electrons. The Labute approximate surface area is 38.9 Å². The average molecular weight is 106 g/mol. The van der Waals surface area contributed by atoms with Crippen LogP contribution in [-0.2, 0) is 4.57 Å². The second-order valence-corrected chi connectivity index (χ2v) is 1.83. The molecule has 0 spiro atoms. The zero-order valence-corrected chi connectivity index (χ0v) is 4.61. The van der Waals surface area contributed by atoms with Gasteiger partial charge in [0.15, 0.2) is 0 Å². The Morgan fingerprint density at radius 3 is 2.50 bits per heavy atom. The molecule has 3 heteroatoms. The van der Waals surface area contributed by atoms with E-state index in [1.807, 2.05) is 0 Å². The Morgan fingerprint density at radius 2 is 2.33 bits per heavy atom. The van der Waals surface area contributed by atoms with Crippen molar-refractivity contribution in [3.8, 4) is 0 Å². The molecule has 6 heavy (non-hydrogen) atoms. The van der Waals surface area contributed by atoms with Gasteiger partial charge in [-0.2, -0.15) is 0 Å².